The summed E-state index contributed by atoms with van der Waals surface area (Å²) >= 11 is 1.37. The van der Waals surface area contributed by atoms with E-state index in [1.165, 1.54) is 11.3 Å². The number of aromatic amines is 1. The lowest BCUT2D eigenvalue weighted by molar-refractivity contribution is -0.242. The molecule has 1 atom stereocenters. The summed E-state index contributed by atoms with van der Waals surface area (Å²) in [6.07, 6.45) is 1.27. The molecular weight excluding hydrogens is 542 g/mol. The Morgan fingerprint density at radius 2 is 1.88 bits per heavy atom. The van der Waals surface area contributed by atoms with Crippen LogP contribution in [-0.4, -0.2) is 60.3 Å². The number of carbonyl (C=O) groups is 2. The second-order valence-electron chi connectivity index (χ2n) is 10.8. The van der Waals surface area contributed by atoms with E-state index in [1.807, 2.05) is 49.9 Å². The van der Waals surface area contributed by atoms with Crippen molar-refractivity contribution in [1.29, 1.82) is 0 Å². The third-order valence-corrected chi connectivity index (χ3v) is 7.60. The van der Waals surface area contributed by atoms with E-state index in [1.54, 1.807) is 30.5 Å². The van der Waals surface area contributed by atoms with E-state index in [0.29, 0.717) is 41.2 Å². The summed E-state index contributed by atoms with van der Waals surface area (Å²) in [5.41, 5.74) is 2.03. The number of benzene rings is 2. The highest BCUT2D eigenvalue weighted by atomic mass is 32.1. The Morgan fingerprint density at radius 3 is 2.68 bits per heavy atom. The van der Waals surface area contributed by atoms with Crippen molar-refractivity contribution in [2.75, 3.05) is 17.2 Å². The fourth-order valence-electron chi connectivity index (χ4n) is 4.67. The minimum Gasteiger partial charge on any atom is -0.356 e. The Hall–Kier alpha value is -4.23. The fraction of sp³-hybridized carbons (Fsp3) is 0.276. The maximum absolute atomic E-state index is 13.3. The number of nitrogens with one attached hydrogen (secondary N) is 3. The first-order valence-electron chi connectivity index (χ1n) is 13.2. The first kappa shape index (κ1) is 27.0. The van der Waals surface area contributed by atoms with E-state index in [9.17, 15) is 14.7 Å². The third-order valence-electron chi connectivity index (χ3n) is 6.61. The van der Waals surface area contributed by atoms with Gasteiger partial charge >= 0.3 is 0 Å². The highest BCUT2D eigenvalue weighted by Gasteiger charge is 2.29. The second kappa shape index (κ2) is 10.6. The maximum Gasteiger partial charge on any atom is 0.276 e. The summed E-state index contributed by atoms with van der Waals surface area (Å²) in [7, 11) is 0. The van der Waals surface area contributed by atoms with Gasteiger partial charge < -0.3 is 14.8 Å². The zero-order chi connectivity index (χ0) is 28.7. The molecule has 0 saturated carbocycles. The first-order valence-corrected chi connectivity index (χ1v) is 14.0. The van der Waals surface area contributed by atoms with Crippen LogP contribution in [0.25, 0.3) is 21.8 Å². The van der Waals surface area contributed by atoms with Crippen LogP contribution in [-0.2, 0) is 17.7 Å². The zero-order valence-electron chi connectivity index (χ0n) is 22.8. The first-order chi connectivity index (χ1) is 19.6. The van der Waals surface area contributed by atoms with E-state index in [-0.39, 0.29) is 17.5 Å². The number of rotatable bonds is 6. The van der Waals surface area contributed by atoms with Gasteiger partial charge in [-0.1, -0.05) is 30.3 Å². The predicted molar refractivity (Wildman–Crippen MR) is 157 cm³/mol. The molecule has 0 bridgehead atoms. The lowest BCUT2D eigenvalue weighted by Gasteiger charge is -2.34. The molecule has 0 fully saturated rings. The number of para-hydroxylation sites is 1. The predicted octanol–water partition coefficient (Wildman–Crippen LogP) is 4.52. The van der Waals surface area contributed by atoms with Crippen molar-refractivity contribution >= 4 is 56.0 Å². The molecule has 4 heterocycles. The van der Waals surface area contributed by atoms with E-state index >= 15 is 0 Å². The van der Waals surface area contributed by atoms with Gasteiger partial charge in [-0.2, -0.15) is 0 Å². The quantitative estimate of drug-likeness (QED) is 0.218. The number of nitrogens with zero attached hydrogens (tertiary/aromatic N) is 4. The molecule has 11 nitrogen and oxygen atoms in total. The van der Waals surface area contributed by atoms with Gasteiger partial charge in [-0.15, -0.1) is 11.3 Å². The number of imidazole rings is 1. The number of thiazole rings is 1. The normalized spacial score (nSPS) is 14.6. The smallest absolute Gasteiger partial charge is 0.276 e. The molecule has 1 unspecified atom stereocenters. The molecule has 5 aromatic rings. The van der Waals surface area contributed by atoms with E-state index in [2.05, 4.69) is 30.6 Å². The standard InChI is InChI=1S/C29H29N7O4S/c1-29(2,3)40-28(39)36-12-11-19-22(15-36)41-27(32-19)35-24(37)18-9-6-10-20-23(18)33-26(31-20)34-25(38)21-13-16-7-4-5-8-17(16)14-30-21/h4-10,13-14,28,39H,11-12,15H2,1-3H3,(H,32,35,37)(H2,31,33,34,38). The van der Waals surface area contributed by atoms with Crippen LogP contribution in [0.5, 0.6) is 0 Å². The van der Waals surface area contributed by atoms with Crippen LogP contribution in [0.4, 0.5) is 11.1 Å². The van der Waals surface area contributed by atoms with Crippen molar-refractivity contribution in [1.82, 2.24) is 24.8 Å². The molecule has 1 aliphatic heterocycles. The molecular formula is C29H29N7O4S. The third kappa shape index (κ3) is 5.81. The molecule has 6 rings (SSSR count). The molecule has 12 heteroatoms. The van der Waals surface area contributed by atoms with Crippen molar-refractivity contribution < 1.29 is 19.4 Å². The Kier molecular flexibility index (Phi) is 6.99. The summed E-state index contributed by atoms with van der Waals surface area (Å²) in [4.78, 5) is 45.4. The lowest BCUT2D eigenvalue weighted by Crippen LogP contribution is -2.44. The van der Waals surface area contributed by atoms with Gasteiger partial charge in [0.25, 0.3) is 11.8 Å². The molecule has 41 heavy (non-hydrogen) atoms. The molecule has 1 aliphatic rings. The number of hydrogen-bond donors (Lipinski definition) is 4. The second-order valence-corrected chi connectivity index (χ2v) is 11.9. The van der Waals surface area contributed by atoms with Crippen molar-refractivity contribution in [3.63, 3.8) is 0 Å². The zero-order valence-corrected chi connectivity index (χ0v) is 23.6. The summed E-state index contributed by atoms with van der Waals surface area (Å²) in [6.45, 7) is 6.75. The van der Waals surface area contributed by atoms with Gasteiger partial charge in [-0.3, -0.25) is 25.2 Å². The number of ether oxygens (including phenoxy) is 1. The molecule has 2 aromatic carbocycles. The Morgan fingerprint density at radius 1 is 1.07 bits per heavy atom. The number of aliphatic hydroxyl groups is 1. The topological polar surface area (TPSA) is 145 Å². The highest BCUT2D eigenvalue weighted by molar-refractivity contribution is 7.15. The van der Waals surface area contributed by atoms with E-state index in [4.69, 9.17) is 4.74 Å². The van der Waals surface area contributed by atoms with Crippen molar-refractivity contribution in [2.24, 2.45) is 0 Å². The lowest BCUT2D eigenvalue weighted by atomic mass is 10.1. The Bertz CT molecular complexity index is 1770. The van der Waals surface area contributed by atoms with Gasteiger partial charge in [-0.25, -0.2) is 14.9 Å². The fourth-order valence-corrected chi connectivity index (χ4v) is 5.70. The van der Waals surface area contributed by atoms with E-state index < -0.39 is 17.9 Å². The van der Waals surface area contributed by atoms with Gasteiger partial charge in [0.1, 0.15) is 11.2 Å². The van der Waals surface area contributed by atoms with Crippen LogP contribution >= 0.6 is 11.3 Å². The number of aromatic nitrogens is 4. The molecule has 2 amide bonds. The monoisotopic (exact) mass is 571 g/mol. The number of aliphatic hydroxyl groups excluding tert-OH is 1. The van der Waals surface area contributed by atoms with Crippen LogP contribution in [0.3, 0.4) is 0 Å². The van der Waals surface area contributed by atoms with Crippen LogP contribution in [0.2, 0.25) is 0 Å². The van der Waals surface area contributed by atoms with Crippen LogP contribution in [0, 0.1) is 0 Å². The van der Waals surface area contributed by atoms with Gasteiger partial charge in [0, 0.05) is 36.0 Å². The summed E-state index contributed by atoms with van der Waals surface area (Å²) in [5.74, 6) is -0.572. The molecule has 0 aliphatic carbocycles. The van der Waals surface area contributed by atoms with Gasteiger partial charge in [0.05, 0.1) is 22.4 Å². The van der Waals surface area contributed by atoms with Crippen LogP contribution < -0.4 is 10.6 Å². The highest BCUT2D eigenvalue weighted by Crippen LogP contribution is 2.30. The van der Waals surface area contributed by atoms with Crippen molar-refractivity contribution in [3.8, 4) is 0 Å². The van der Waals surface area contributed by atoms with Gasteiger partial charge in [-0.05, 0) is 44.4 Å². The molecule has 3 aromatic heterocycles. The number of amides is 2. The average molecular weight is 572 g/mol. The number of fused-ring (bicyclic) bond motifs is 3. The average Bonchev–Trinajstić information content (AvgIpc) is 3.53. The largest absolute Gasteiger partial charge is 0.356 e. The molecule has 210 valence electrons. The Labute approximate surface area is 239 Å². The summed E-state index contributed by atoms with van der Waals surface area (Å²) in [5, 5.41) is 18.4. The molecule has 0 spiro atoms. The number of anilines is 2. The molecule has 0 saturated heterocycles. The van der Waals surface area contributed by atoms with E-state index in [0.717, 1.165) is 21.3 Å². The Balaban J connectivity index is 1.16. The number of hydrogen-bond acceptors (Lipinski definition) is 9. The summed E-state index contributed by atoms with van der Waals surface area (Å²) in [6, 6.07) is 14.6. The number of pyridine rings is 1. The number of H-pyrrole nitrogens is 1. The van der Waals surface area contributed by atoms with Gasteiger partial charge in [0.15, 0.2) is 5.13 Å². The molecule has 0 radical (unpaired) electrons. The molecule has 4 N–H and O–H groups in total. The van der Waals surface area contributed by atoms with Crippen molar-refractivity contribution in [2.45, 2.75) is 45.8 Å². The minimum absolute atomic E-state index is 0.209. The summed E-state index contributed by atoms with van der Waals surface area (Å²) < 4.78 is 5.69. The van der Waals surface area contributed by atoms with Crippen LogP contribution in [0.1, 0.15) is 52.2 Å². The SMILES string of the molecule is CC(C)(C)OC(O)N1CCc2nc(NC(=O)c3cccc4[nH]c(NC(=O)c5cc6ccccc6cn5)nc34)sc2C1. The van der Waals surface area contributed by atoms with Gasteiger partial charge in [0.2, 0.25) is 12.4 Å². The minimum atomic E-state index is -1.02. The van der Waals surface area contributed by atoms with Crippen LogP contribution in [0.15, 0.2) is 54.7 Å². The van der Waals surface area contributed by atoms with Crippen molar-refractivity contribution in [3.05, 3.63) is 76.6 Å². The number of carbonyl (C=O) groups excluding carboxylic acids is 2. The maximum atomic E-state index is 13.3.